The molecule has 2 fully saturated rings. The third-order valence-electron chi connectivity index (χ3n) is 7.50. The number of nitrogens with zero attached hydrogens (tertiary/aromatic N) is 3. The molecule has 4 rings (SSSR count). The molecule has 2 atom stereocenters. The number of benzene rings is 1. The van der Waals surface area contributed by atoms with Crippen molar-refractivity contribution in [2.24, 2.45) is 10.9 Å². The fraction of sp³-hybridized carbons (Fsp3) is 0.667. The smallest absolute Gasteiger partial charge is 0.277 e. The first-order valence-electron chi connectivity index (χ1n) is 11.4. The second-order valence-electron chi connectivity index (χ2n) is 10.3. The summed E-state index contributed by atoms with van der Waals surface area (Å²) >= 11 is 0. The van der Waals surface area contributed by atoms with E-state index in [2.05, 4.69) is 33.2 Å². The lowest BCUT2D eigenvalue weighted by molar-refractivity contribution is -0.0797. The first-order chi connectivity index (χ1) is 14.2. The number of carbonyl (C=O) groups excluding carboxylic acids is 1. The van der Waals surface area contributed by atoms with Crippen molar-refractivity contribution in [3.63, 3.8) is 0 Å². The van der Waals surface area contributed by atoms with Gasteiger partial charge >= 0.3 is 0 Å². The van der Waals surface area contributed by atoms with Crippen molar-refractivity contribution in [3.05, 3.63) is 23.8 Å². The maximum Gasteiger partial charge on any atom is 0.277 e. The maximum atomic E-state index is 12.9. The summed E-state index contributed by atoms with van der Waals surface area (Å²) in [6, 6.07) is 5.87. The molecule has 6 nitrogen and oxygen atoms in total. The highest BCUT2D eigenvalue weighted by Crippen LogP contribution is 2.46. The van der Waals surface area contributed by atoms with Crippen LogP contribution in [0.15, 0.2) is 23.2 Å². The summed E-state index contributed by atoms with van der Waals surface area (Å²) in [7, 11) is 0. The summed E-state index contributed by atoms with van der Waals surface area (Å²) in [5, 5.41) is 11.4. The van der Waals surface area contributed by atoms with E-state index in [1.165, 1.54) is 42.9 Å². The Morgan fingerprint density at radius 3 is 2.70 bits per heavy atom. The van der Waals surface area contributed by atoms with Gasteiger partial charge in [-0.2, -0.15) is 4.99 Å². The number of hydrogen-bond donors (Lipinski definition) is 1. The summed E-state index contributed by atoms with van der Waals surface area (Å²) in [5.41, 5.74) is 1.65. The molecule has 1 aromatic rings. The Morgan fingerprint density at radius 2 is 2.07 bits per heavy atom. The average Bonchev–Trinajstić information content (AvgIpc) is 3.29. The van der Waals surface area contributed by atoms with Crippen molar-refractivity contribution in [1.82, 2.24) is 9.55 Å². The topological polar surface area (TPSA) is 62.1 Å². The normalized spacial score (nSPS) is 29.4. The molecule has 1 N–H and O–H groups in total. The van der Waals surface area contributed by atoms with Gasteiger partial charge in [0.15, 0.2) is 12.0 Å². The van der Waals surface area contributed by atoms with Crippen LogP contribution in [0.5, 0.6) is 0 Å². The van der Waals surface area contributed by atoms with Crippen molar-refractivity contribution < 1.29 is 14.7 Å². The van der Waals surface area contributed by atoms with Gasteiger partial charge in [-0.1, -0.05) is 26.2 Å². The zero-order chi connectivity index (χ0) is 21.6. The summed E-state index contributed by atoms with van der Waals surface area (Å²) in [6.45, 7) is 9.97. The van der Waals surface area contributed by atoms with Gasteiger partial charge in [0, 0.05) is 17.5 Å². The number of quaternary nitrogens is 1. The summed E-state index contributed by atoms with van der Waals surface area (Å²) in [5.74, 6) is 0.487. The first kappa shape index (κ1) is 21.5. The molecule has 2 heterocycles. The summed E-state index contributed by atoms with van der Waals surface area (Å²) < 4.78 is 0.757. The molecule has 1 saturated heterocycles. The van der Waals surface area contributed by atoms with Crippen LogP contribution in [0.1, 0.15) is 76.6 Å². The predicted octanol–water partition coefficient (Wildman–Crippen LogP) is 4.57. The van der Waals surface area contributed by atoms with Crippen LogP contribution in [0.3, 0.4) is 0 Å². The minimum Gasteiger partial charge on any atom is -0.386 e. The minimum atomic E-state index is -0.998. The van der Waals surface area contributed by atoms with E-state index in [1.807, 2.05) is 12.1 Å². The Hall–Kier alpha value is -1.76. The average molecular weight is 415 g/mol. The Bertz CT molecular complexity index is 842. The highest BCUT2D eigenvalue weighted by Gasteiger charge is 2.49. The van der Waals surface area contributed by atoms with Crippen LogP contribution in [0.4, 0.5) is 11.4 Å². The van der Waals surface area contributed by atoms with Crippen LogP contribution in [0.2, 0.25) is 0 Å². The molecule has 3 aliphatic rings. The molecule has 0 spiro atoms. The van der Waals surface area contributed by atoms with Gasteiger partial charge in [0.2, 0.25) is 0 Å². The van der Waals surface area contributed by atoms with E-state index in [9.17, 15) is 9.90 Å². The maximum absolute atomic E-state index is 12.9. The number of rotatable bonds is 5. The van der Waals surface area contributed by atoms with Crippen LogP contribution in [-0.2, 0) is 4.84 Å². The molecule has 1 saturated carbocycles. The molecule has 0 aromatic heterocycles. The van der Waals surface area contributed by atoms with Gasteiger partial charge < -0.3 is 5.11 Å². The van der Waals surface area contributed by atoms with Crippen molar-refractivity contribution in [2.45, 2.75) is 77.4 Å². The lowest BCUT2D eigenvalue weighted by atomic mass is 9.85. The van der Waals surface area contributed by atoms with Gasteiger partial charge in [-0.05, 0) is 52.2 Å². The first-order valence-corrected chi connectivity index (χ1v) is 11.4. The van der Waals surface area contributed by atoms with Gasteiger partial charge in [-0.25, -0.2) is 9.55 Å². The van der Waals surface area contributed by atoms with Gasteiger partial charge in [-0.3, -0.25) is 9.63 Å². The lowest BCUT2D eigenvalue weighted by Crippen LogP contribution is -2.63. The quantitative estimate of drug-likeness (QED) is 0.718. The fourth-order valence-corrected chi connectivity index (χ4v) is 5.15. The molecular weight excluding hydrogens is 378 g/mol. The van der Waals surface area contributed by atoms with Crippen LogP contribution < -0.4 is 4.48 Å². The number of aliphatic hydroxyl groups is 1. The van der Waals surface area contributed by atoms with E-state index in [-0.39, 0.29) is 24.6 Å². The Kier molecular flexibility index (Phi) is 5.54. The highest BCUT2D eigenvalue weighted by atomic mass is 16.7. The lowest BCUT2D eigenvalue weighted by Gasteiger charge is -2.46. The van der Waals surface area contributed by atoms with E-state index < -0.39 is 5.60 Å². The van der Waals surface area contributed by atoms with E-state index in [1.54, 1.807) is 6.92 Å². The Labute approximate surface area is 180 Å². The summed E-state index contributed by atoms with van der Waals surface area (Å²) in [4.78, 5) is 23.1. The SMILES string of the molecule is CCC(C)(C)[N+]1(CC2CCCCC2)C=Nc2cc(C(=O)N3C[C@@](C)(O)CO3)ccc21. The van der Waals surface area contributed by atoms with Crippen LogP contribution in [-0.4, -0.2) is 53.3 Å². The van der Waals surface area contributed by atoms with Gasteiger partial charge in [0.25, 0.3) is 5.91 Å². The van der Waals surface area contributed by atoms with Gasteiger partial charge in [-0.15, -0.1) is 0 Å². The highest BCUT2D eigenvalue weighted by molar-refractivity contribution is 5.98. The van der Waals surface area contributed by atoms with Crippen LogP contribution in [0, 0.1) is 5.92 Å². The Balaban J connectivity index is 1.64. The van der Waals surface area contributed by atoms with Crippen LogP contribution in [0.25, 0.3) is 0 Å². The number of hydrogen-bond acceptors (Lipinski definition) is 4. The number of aliphatic imine (C=N–C) groups is 1. The monoisotopic (exact) mass is 414 g/mol. The zero-order valence-corrected chi connectivity index (χ0v) is 18.9. The third kappa shape index (κ3) is 3.70. The molecule has 1 aliphatic carbocycles. The Morgan fingerprint density at radius 1 is 1.33 bits per heavy atom. The second-order valence-corrected chi connectivity index (χ2v) is 10.3. The molecule has 164 valence electrons. The minimum absolute atomic E-state index is 0.0223. The van der Waals surface area contributed by atoms with Crippen molar-refractivity contribution in [2.75, 3.05) is 19.7 Å². The summed E-state index contributed by atoms with van der Waals surface area (Å²) in [6.07, 6.45) is 9.77. The molecule has 2 aliphatic heterocycles. The molecule has 1 aromatic carbocycles. The largest absolute Gasteiger partial charge is 0.386 e. The third-order valence-corrected chi connectivity index (χ3v) is 7.50. The molecule has 0 bridgehead atoms. The molecular formula is C24H36N3O3+. The van der Waals surface area contributed by atoms with E-state index >= 15 is 0 Å². The standard InChI is InChI=1S/C24H36N3O3/c1-5-23(2,3)27(14-18-9-7-6-8-10-18)17-25-20-13-19(11-12-21(20)27)22(28)26-15-24(4,29)16-30-26/h11-13,17-18,29H,5-10,14-16H2,1-4H3/q+1/t24-,27?/m1/s1. The zero-order valence-electron chi connectivity index (χ0n) is 18.9. The van der Waals surface area contributed by atoms with E-state index in [0.717, 1.165) is 23.1 Å². The number of fused-ring (bicyclic) bond motifs is 1. The van der Waals surface area contributed by atoms with E-state index in [4.69, 9.17) is 9.83 Å². The van der Waals surface area contributed by atoms with Gasteiger partial charge in [0.05, 0.1) is 13.1 Å². The molecule has 1 amide bonds. The van der Waals surface area contributed by atoms with E-state index in [0.29, 0.717) is 11.5 Å². The number of β-amino-alcohol motifs (C(OH)–C–C–N with tert-alkyl or cyclic N) is 1. The molecule has 30 heavy (non-hydrogen) atoms. The van der Waals surface area contributed by atoms with Crippen molar-refractivity contribution in [3.8, 4) is 0 Å². The fourth-order valence-electron chi connectivity index (χ4n) is 5.15. The number of carbonyl (C=O) groups is 1. The number of amides is 1. The van der Waals surface area contributed by atoms with Crippen molar-refractivity contribution in [1.29, 1.82) is 0 Å². The van der Waals surface area contributed by atoms with Crippen molar-refractivity contribution >= 4 is 23.6 Å². The van der Waals surface area contributed by atoms with Crippen LogP contribution >= 0.6 is 0 Å². The molecule has 1 unspecified atom stereocenters. The van der Waals surface area contributed by atoms with Gasteiger partial charge in [0.1, 0.15) is 23.4 Å². The molecule has 6 heteroatoms. The second kappa shape index (κ2) is 7.74. The number of hydroxylamine groups is 2. The predicted molar refractivity (Wildman–Crippen MR) is 120 cm³/mol. The molecule has 0 radical (unpaired) electrons.